The van der Waals surface area contributed by atoms with Crippen molar-refractivity contribution in [2.24, 2.45) is 46.8 Å². The molecule has 1 heterocycles. The number of ether oxygens (including phenoxy) is 4. The fourth-order valence-corrected chi connectivity index (χ4v) is 7.66. The van der Waals surface area contributed by atoms with Gasteiger partial charge in [-0.1, -0.05) is 20.8 Å². The van der Waals surface area contributed by atoms with Crippen LogP contribution < -0.4 is 0 Å². The Kier molecular flexibility index (Phi) is 10.7. The Morgan fingerprint density at radius 1 is 0.950 bits per heavy atom. The number of hydrogen-bond acceptors (Lipinski definition) is 8. The number of cyclic esters (lactones) is 1. The number of fused-ring (bicyclic) bond motifs is 5. The molecular formula is C32H52O8. The van der Waals surface area contributed by atoms with Gasteiger partial charge >= 0.3 is 23.9 Å². The van der Waals surface area contributed by atoms with E-state index in [1.807, 2.05) is 6.92 Å². The minimum atomic E-state index is -1.19. The van der Waals surface area contributed by atoms with E-state index in [9.17, 15) is 19.2 Å². The van der Waals surface area contributed by atoms with Gasteiger partial charge in [0.2, 0.25) is 6.10 Å². The minimum Gasteiger partial charge on any atom is -0.469 e. The van der Waals surface area contributed by atoms with Gasteiger partial charge in [-0.3, -0.25) is 14.4 Å². The summed E-state index contributed by atoms with van der Waals surface area (Å²) in [4.78, 5) is 49.3. The summed E-state index contributed by atoms with van der Waals surface area (Å²) in [6.07, 6.45) is 7.95. The van der Waals surface area contributed by atoms with Crippen LogP contribution in [0.2, 0.25) is 0 Å². The molecule has 0 amide bonds. The standard InChI is InChI=1S/C21H34O8.C11H18/c1-8-14(17(23)26-7)12-21(6,11-13(2)16(22)29-20(3,4)5)19(25)28-15-9-10-27-18(15)24;1-7-4-10-8-2-3-9(6-8)11(10)5-7/h13-15H,8-12H2,1-7H3;7-11H,2-6H2,1H3. The molecule has 40 heavy (non-hydrogen) atoms. The van der Waals surface area contributed by atoms with E-state index < -0.39 is 52.8 Å². The second-order valence-corrected chi connectivity index (χ2v) is 14.1. The fraction of sp³-hybridized carbons (Fsp3) is 0.875. The van der Waals surface area contributed by atoms with E-state index in [1.54, 1.807) is 66.7 Å². The topological polar surface area (TPSA) is 105 Å². The highest BCUT2D eigenvalue weighted by molar-refractivity contribution is 5.84. The van der Waals surface area contributed by atoms with Crippen LogP contribution in [0.25, 0.3) is 0 Å². The molecule has 0 aromatic rings. The summed E-state index contributed by atoms with van der Waals surface area (Å²) in [5.74, 6) is 2.53. The van der Waals surface area contributed by atoms with Gasteiger partial charge in [0.15, 0.2) is 0 Å². The van der Waals surface area contributed by atoms with Crippen LogP contribution in [0.3, 0.4) is 0 Å². The van der Waals surface area contributed by atoms with Gasteiger partial charge in [-0.2, -0.15) is 0 Å². The van der Waals surface area contributed by atoms with Crippen molar-refractivity contribution < 1.29 is 38.1 Å². The van der Waals surface area contributed by atoms with Crippen LogP contribution in [0.15, 0.2) is 0 Å². The van der Waals surface area contributed by atoms with Gasteiger partial charge in [0, 0.05) is 6.42 Å². The number of hydrogen-bond donors (Lipinski definition) is 0. The molecule has 0 N–H and O–H groups in total. The number of methoxy groups -OCH3 is 1. The molecule has 8 nitrogen and oxygen atoms in total. The van der Waals surface area contributed by atoms with Crippen LogP contribution in [0.5, 0.6) is 0 Å². The Balaban J connectivity index is 0.000000324. The monoisotopic (exact) mass is 564 g/mol. The van der Waals surface area contributed by atoms with E-state index in [1.165, 1.54) is 30.8 Å². The lowest BCUT2D eigenvalue weighted by Gasteiger charge is -2.33. The molecule has 8 heteroatoms. The smallest absolute Gasteiger partial charge is 0.347 e. The van der Waals surface area contributed by atoms with Crippen LogP contribution in [0.1, 0.15) is 106 Å². The summed E-state index contributed by atoms with van der Waals surface area (Å²) in [6, 6.07) is 0. The van der Waals surface area contributed by atoms with E-state index in [0.29, 0.717) is 6.42 Å². The highest BCUT2D eigenvalue weighted by atomic mass is 16.6. The molecule has 2 bridgehead atoms. The van der Waals surface area contributed by atoms with Crippen molar-refractivity contribution in [3.8, 4) is 0 Å². The van der Waals surface area contributed by atoms with Crippen molar-refractivity contribution in [2.75, 3.05) is 13.7 Å². The maximum absolute atomic E-state index is 13.0. The molecule has 4 rings (SSSR count). The predicted molar refractivity (Wildman–Crippen MR) is 150 cm³/mol. The van der Waals surface area contributed by atoms with Crippen molar-refractivity contribution in [3.05, 3.63) is 0 Å². The largest absolute Gasteiger partial charge is 0.469 e. The maximum atomic E-state index is 13.0. The average molecular weight is 565 g/mol. The van der Waals surface area contributed by atoms with Crippen molar-refractivity contribution in [2.45, 2.75) is 118 Å². The molecule has 1 saturated heterocycles. The van der Waals surface area contributed by atoms with Crippen molar-refractivity contribution in [1.29, 1.82) is 0 Å². The molecule has 1 aliphatic heterocycles. The molecule has 0 radical (unpaired) electrons. The average Bonchev–Trinajstić information content (AvgIpc) is 3.65. The van der Waals surface area contributed by atoms with Crippen LogP contribution >= 0.6 is 0 Å². The van der Waals surface area contributed by atoms with E-state index in [4.69, 9.17) is 18.9 Å². The van der Waals surface area contributed by atoms with E-state index in [-0.39, 0.29) is 25.9 Å². The molecule has 8 atom stereocenters. The van der Waals surface area contributed by atoms with Crippen LogP contribution in [-0.2, 0) is 38.1 Å². The third-order valence-corrected chi connectivity index (χ3v) is 9.54. The van der Waals surface area contributed by atoms with E-state index >= 15 is 0 Å². The van der Waals surface area contributed by atoms with Gasteiger partial charge in [0.05, 0.1) is 31.0 Å². The third kappa shape index (κ3) is 8.00. The molecule has 3 aliphatic carbocycles. The first-order chi connectivity index (χ1) is 18.7. The zero-order chi connectivity index (χ0) is 29.8. The molecule has 3 saturated carbocycles. The normalized spacial score (nSPS) is 31.6. The summed E-state index contributed by atoms with van der Waals surface area (Å²) in [5.41, 5.74) is -1.85. The predicted octanol–water partition coefficient (Wildman–Crippen LogP) is 5.89. The van der Waals surface area contributed by atoms with Crippen LogP contribution in [-0.4, -0.2) is 49.3 Å². The minimum absolute atomic E-state index is 0.107. The summed E-state index contributed by atoms with van der Waals surface area (Å²) in [7, 11) is 1.29. The number of rotatable bonds is 9. The number of esters is 4. The van der Waals surface area contributed by atoms with Gasteiger partial charge in [0.1, 0.15) is 5.60 Å². The molecule has 228 valence electrons. The Bertz CT molecular complexity index is 904. The first-order valence-electron chi connectivity index (χ1n) is 15.4. The van der Waals surface area contributed by atoms with E-state index in [2.05, 4.69) is 6.92 Å². The summed E-state index contributed by atoms with van der Waals surface area (Å²) in [6.45, 7) is 13.1. The maximum Gasteiger partial charge on any atom is 0.347 e. The van der Waals surface area contributed by atoms with Crippen molar-refractivity contribution in [1.82, 2.24) is 0 Å². The van der Waals surface area contributed by atoms with Crippen molar-refractivity contribution >= 4 is 23.9 Å². The van der Waals surface area contributed by atoms with E-state index in [0.717, 1.165) is 5.92 Å². The van der Waals surface area contributed by atoms with Gasteiger partial charge in [-0.05, 0) is 109 Å². The Hall–Kier alpha value is -2.12. The quantitative estimate of drug-likeness (QED) is 0.252. The highest BCUT2D eigenvalue weighted by Gasteiger charge is 2.50. The fourth-order valence-electron chi connectivity index (χ4n) is 7.66. The lowest BCUT2D eigenvalue weighted by atomic mass is 9.74. The SMILES string of the molecule is CC1CC2C3CCC(C3)C2C1.CCC(CC(C)(CC(C)C(=O)OC(C)(C)C)C(=O)OC1CCOC1=O)C(=O)OC. The van der Waals surface area contributed by atoms with Gasteiger partial charge in [0.25, 0.3) is 0 Å². The van der Waals surface area contributed by atoms with Gasteiger partial charge in [-0.15, -0.1) is 0 Å². The van der Waals surface area contributed by atoms with Gasteiger partial charge < -0.3 is 18.9 Å². The molecule has 4 aliphatic rings. The molecule has 8 unspecified atom stereocenters. The Morgan fingerprint density at radius 2 is 1.55 bits per heavy atom. The second kappa shape index (κ2) is 13.2. The summed E-state index contributed by atoms with van der Waals surface area (Å²) >= 11 is 0. The van der Waals surface area contributed by atoms with Gasteiger partial charge in [-0.25, -0.2) is 4.79 Å². The lowest BCUT2D eigenvalue weighted by Crippen LogP contribution is -2.40. The zero-order valence-electron chi connectivity index (χ0n) is 26.0. The Labute approximate surface area is 240 Å². The van der Waals surface area contributed by atoms with Crippen LogP contribution in [0.4, 0.5) is 0 Å². The highest BCUT2D eigenvalue weighted by Crippen LogP contribution is 2.59. The second-order valence-electron chi connectivity index (χ2n) is 14.1. The zero-order valence-corrected chi connectivity index (χ0v) is 26.0. The van der Waals surface area contributed by atoms with Crippen molar-refractivity contribution in [3.63, 3.8) is 0 Å². The molecule has 0 spiro atoms. The first-order valence-corrected chi connectivity index (χ1v) is 15.4. The lowest BCUT2D eigenvalue weighted by molar-refractivity contribution is -0.172. The number of carbonyl (C=O) groups excluding carboxylic acids is 4. The molecular weight excluding hydrogens is 512 g/mol. The molecule has 0 aromatic heterocycles. The molecule has 0 aromatic carbocycles. The summed E-state index contributed by atoms with van der Waals surface area (Å²) < 4.78 is 20.5. The Morgan fingerprint density at radius 3 is 2.02 bits per heavy atom. The number of carbonyl (C=O) groups is 4. The summed E-state index contributed by atoms with van der Waals surface area (Å²) in [5, 5.41) is 0. The van der Waals surface area contributed by atoms with Crippen LogP contribution in [0, 0.1) is 46.8 Å². The first kappa shape index (κ1) is 32.4. The molecule has 4 fully saturated rings. The third-order valence-electron chi connectivity index (χ3n) is 9.54.